The minimum absolute atomic E-state index is 0.0747. The maximum Gasteiger partial charge on any atom is 0.701 e. The minimum atomic E-state index is -4.34. The molecule has 196 valence electrons. The Morgan fingerprint density at radius 3 is 2.54 bits per heavy atom. The highest BCUT2D eigenvalue weighted by atomic mass is 31.1. The Morgan fingerprint density at radius 1 is 1.14 bits per heavy atom. The zero-order valence-corrected chi connectivity index (χ0v) is 21.0. The normalized spacial score (nSPS) is 20.3. The van der Waals surface area contributed by atoms with E-state index < -0.39 is 26.1 Å². The summed E-state index contributed by atoms with van der Waals surface area (Å²) in [6.07, 6.45) is -0.491. The van der Waals surface area contributed by atoms with Gasteiger partial charge in [-0.25, -0.2) is 0 Å². The Labute approximate surface area is 212 Å². The zero-order chi connectivity index (χ0) is 26.8. The van der Waals surface area contributed by atoms with Crippen LogP contribution < -0.4 is 4.74 Å². The summed E-state index contributed by atoms with van der Waals surface area (Å²) >= 11 is 0. The lowest BCUT2D eigenvalue weighted by molar-refractivity contribution is -0.289. The van der Waals surface area contributed by atoms with Gasteiger partial charge in [0.15, 0.2) is 5.60 Å². The lowest BCUT2D eigenvalue weighted by atomic mass is 9.94. The Bertz CT molecular complexity index is 1270. The molecule has 1 aliphatic rings. The molecule has 1 saturated heterocycles. The number of ether oxygens (including phenoxy) is 1. The summed E-state index contributed by atoms with van der Waals surface area (Å²) in [6.45, 7) is 2.96. The van der Waals surface area contributed by atoms with Crippen molar-refractivity contribution in [3.8, 4) is 11.4 Å². The molecule has 1 aliphatic heterocycles. The van der Waals surface area contributed by atoms with Gasteiger partial charge in [-0.15, -0.1) is 4.89 Å². The summed E-state index contributed by atoms with van der Waals surface area (Å²) in [5.41, 5.74) is -2.22. The van der Waals surface area contributed by atoms with Crippen LogP contribution in [0.5, 0.6) is 5.75 Å². The van der Waals surface area contributed by atoms with Crippen LogP contribution in [0, 0.1) is 0 Å². The Balaban J connectivity index is 1.52. The maximum absolute atomic E-state index is 14.3. The lowest BCUT2D eigenvalue weighted by Gasteiger charge is -2.38. The van der Waals surface area contributed by atoms with Crippen molar-refractivity contribution in [2.24, 2.45) is 0 Å². The topological polar surface area (TPSA) is 127 Å². The van der Waals surface area contributed by atoms with Crippen LogP contribution in [0.25, 0.3) is 5.69 Å². The number of hydrogen-bond acceptors (Lipinski definition) is 7. The highest BCUT2D eigenvalue weighted by Crippen LogP contribution is 2.44. The van der Waals surface area contributed by atoms with E-state index in [-0.39, 0.29) is 29.8 Å². The fraction of sp³-hybridized carbons (Fsp3) is 0.375. The van der Waals surface area contributed by atoms with Crippen molar-refractivity contribution in [1.82, 2.24) is 19.9 Å². The summed E-state index contributed by atoms with van der Waals surface area (Å²) in [5, 5.41) is 18.7. The number of aliphatic hydroxyl groups is 1. The van der Waals surface area contributed by atoms with Crippen LogP contribution in [-0.4, -0.2) is 60.6 Å². The van der Waals surface area contributed by atoms with Gasteiger partial charge in [0.05, 0.1) is 30.2 Å². The smallest absolute Gasteiger partial charge is 0.489 e. The number of amides is 1. The second-order valence-corrected chi connectivity index (χ2v) is 9.56. The van der Waals surface area contributed by atoms with E-state index in [4.69, 9.17) is 9.63 Å². The van der Waals surface area contributed by atoms with Crippen LogP contribution in [-0.2, 0) is 14.7 Å². The van der Waals surface area contributed by atoms with Crippen molar-refractivity contribution in [2.75, 3.05) is 6.54 Å². The van der Waals surface area contributed by atoms with Gasteiger partial charge >= 0.3 is 14.4 Å². The van der Waals surface area contributed by atoms with Crippen molar-refractivity contribution in [2.45, 2.75) is 50.5 Å². The Morgan fingerprint density at radius 2 is 1.84 bits per heavy atom. The van der Waals surface area contributed by atoms with E-state index in [1.54, 1.807) is 29.2 Å². The molecule has 1 amide bonds. The highest BCUT2D eigenvalue weighted by Gasteiger charge is 2.58. The second kappa shape index (κ2) is 10.6. The van der Waals surface area contributed by atoms with Gasteiger partial charge < -0.3 is 14.7 Å². The third-order valence-electron chi connectivity index (χ3n) is 6.33. The number of benzene rings is 2. The van der Waals surface area contributed by atoms with Gasteiger partial charge in [-0.1, -0.05) is 24.3 Å². The second-order valence-electron chi connectivity index (χ2n) is 8.91. The average molecular weight is 535 g/mol. The molecule has 1 fully saturated rings. The van der Waals surface area contributed by atoms with Gasteiger partial charge in [0, 0.05) is 10.6 Å². The molecule has 4 rings (SSSR count). The molecule has 2 unspecified atom stereocenters. The number of hydrogen-bond donors (Lipinski definition) is 2. The highest BCUT2D eigenvalue weighted by molar-refractivity contribution is 7.32. The van der Waals surface area contributed by atoms with Crippen molar-refractivity contribution in [3.63, 3.8) is 0 Å². The van der Waals surface area contributed by atoms with Crippen LogP contribution in [0.1, 0.15) is 42.6 Å². The van der Waals surface area contributed by atoms with E-state index in [0.29, 0.717) is 24.1 Å². The first kappa shape index (κ1) is 26.7. The first-order valence-corrected chi connectivity index (χ1v) is 12.6. The van der Waals surface area contributed by atoms with Crippen molar-refractivity contribution < 1.29 is 37.4 Å². The van der Waals surface area contributed by atoms with E-state index in [2.05, 4.69) is 14.7 Å². The summed E-state index contributed by atoms with van der Waals surface area (Å²) in [7, 11) is -3.65. The van der Waals surface area contributed by atoms with Gasteiger partial charge in [0.25, 0.3) is 5.91 Å². The number of nitrogens with zero attached hydrogens (tertiary/aromatic N) is 4. The van der Waals surface area contributed by atoms with Crippen LogP contribution in [0.3, 0.4) is 0 Å². The van der Waals surface area contributed by atoms with Gasteiger partial charge in [-0.3, -0.25) is 4.79 Å². The average Bonchev–Trinajstić information content (AvgIpc) is 3.39. The van der Waals surface area contributed by atoms with Crippen molar-refractivity contribution >= 4 is 14.2 Å². The molecular weight excluding hydrogens is 509 g/mol. The molecule has 0 spiro atoms. The Hall–Kier alpha value is -3.31. The molecule has 13 heteroatoms. The fourth-order valence-corrected chi connectivity index (χ4v) is 4.57. The molecule has 0 saturated carbocycles. The monoisotopic (exact) mass is 535 g/mol. The van der Waals surface area contributed by atoms with Gasteiger partial charge in [-0.05, 0) is 61.0 Å². The van der Waals surface area contributed by atoms with Crippen LogP contribution in [0.4, 0.5) is 8.78 Å². The first-order chi connectivity index (χ1) is 17.5. The summed E-state index contributed by atoms with van der Waals surface area (Å²) in [6, 6.07) is 12.3. The molecule has 0 aliphatic carbocycles. The van der Waals surface area contributed by atoms with Gasteiger partial charge in [0.1, 0.15) is 11.9 Å². The van der Waals surface area contributed by atoms with E-state index in [1.165, 1.54) is 41.5 Å². The minimum Gasteiger partial charge on any atom is -0.489 e. The molecule has 0 radical (unpaired) electrons. The number of rotatable bonds is 8. The molecule has 0 bridgehead atoms. The molecule has 4 atom stereocenters. The molecule has 3 aromatic rings. The number of alkyl halides is 2. The van der Waals surface area contributed by atoms with Crippen molar-refractivity contribution in [1.29, 1.82) is 0 Å². The van der Waals surface area contributed by atoms with Crippen LogP contribution in [0.2, 0.25) is 0 Å². The molecular formula is C24H26F2N4O6P+. The lowest BCUT2D eigenvalue weighted by Crippen LogP contribution is -2.49. The number of para-hydroxylation sites is 1. The van der Waals surface area contributed by atoms with E-state index >= 15 is 0 Å². The first-order valence-electron chi connectivity index (χ1n) is 11.5. The van der Waals surface area contributed by atoms with Gasteiger partial charge in [0.2, 0.25) is 0 Å². The van der Waals surface area contributed by atoms with E-state index in [1.807, 2.05) is 6.92 Å². The molecule has 37 heavy (non-hydrogen) atoms. The standard InChI is InChI=1S/C24H25F2N4O6P/c1-16-10-11-19(15-29(16)22(31)20-8-3-4-9-21(20)30-27-12-13-28-30)35-18-7-5-6-17(14-18)23(2,32)24(25,26)36-37(33)34/h3-9,12-14,16,19,32H,10-11,15H2,1-2H3/p+1/t16-,19-,23?/m1/s1. The number of halogens is 2. The van der Waals surface area contributed by atoms with Gasteiger partial charge in [-0.2, -0.15) is 23.8 Å². The molecule has 10 nitrogen and oxygen atoms in total. The number of carbonyl (C=O) groups excluding carboxylic acids is 1. The summed E-state index contributed by atoms with van der Waals surface area (Å²) in [5.74, 6) is -0.0321. The fourth-order valence-electron chi connectivity index (χ4n) is 4.20. The van der Waals surface area contributed by atoms with Crippen molar-refractivity contribution in [3.05, 3.63) is 72.1 Å². The van der Waals surface area contributed by atoms with Crippen LogP contribution >= 0.6 is 8.25 Å². The third-order valence-corrected chi connectivity index (χ3v) is 6.71. The summed E-state index contributed by atoms with van der Waals surface area (Å²) in [4.78, 5) is 25.3. The molecule has 2 heterocycles. The molecule has 2 N–H and O–H groups in total. The SMILES string of the molecule is C[C@@H]1CC[C@@H](Oc2cccc(C(C)(O)C(F)(F)O[P+](=O)O)c2)CN1C(=O)c1ccccc1-n1nccn1. The number of likely N-dealkylation sites (tertiary alicyclic amines) is 1. The summed E-state index contributed by atoms with van der Waals surface area (Å²) < 4.78 is 49.2. The quantitative estimate of drug-likeness (QED) is 0.417. The van der Waals surface area contributed by atoms with E-state index in [9.17, 15) is 23.2 Å². The van der Waals surface area contributed by atoms with Crippen LogP contribution in [0.15, 0.2) is 60.9 Å². The largest absolute Gasteiger partial charge is 0.701 e. The number of piperidine rings is 1. The maximum atomic E-state index is 14.3. The molecule has 2 aromatic carbocycles. The third kappa shape index (κ3) is 5.67. The number of aromatic nitrogens is 3. The predicted molar refractivity (Wildman–Crippen MR) is 127 cm³/mol. The Kier molecular flexibility index (Phi) is 7.65. The van der Waals surface area contributed by atoms with E-state index in [0.717, 1.165) is 6.92 Å². The predicted octanol–water partition coefficient (Wildman–Crippen LogP) is 3.81. The molecule has 1 aromatic heterocycles. The zero-order valence-electron chi connectivity index (χ0n) is 20.1. The number of carbonyl (C=O) groups is 1.